The molecule has 0 aliphatic heterocycles. The van der Waals surface area contributed by atoms with Gasteiger partial charge in [0.1, 0.15) is 4.38 Å². The van der Waals surface area contributed by atoms with Crippen molar-refractivity contribution >= 4 is 34.0 Å². The predicted octanol–water partition coefficient (Wildman–Crippen LogP) is 2.61. The van der Waals surface area contributed by atoms with E-state index in [0.717, 1.165) is 4.38 Å². The van der Waals surface area contributed by atoms with Crippen molar-refractivity contribution in [3.05, 3.63) is 0 Å². The molecule has 0 unspecified atom stereocenters. The molecule has 1 amide bonds. The molecule has 0 radical (unpaired) electrons. The molecule has 0 atom stereocenters. The molecule has 0 aromatic rings. The van der Waals surface area contributed by atoms with Gasteiger partial charge in [-0.1, -0.05) is 0 Å². The van der Waals surface area contributed by atoms with Crippen LogP contribution in [-0.4, -0.2) is 29.1 Å². The second-order valence-corrected chi connectivity index (χ2v) is 4.07. The Hall–Kier alpha value is -0.160. The third-order valence-electron chi connectivity index (χ3n) is 0.868. The van der Waals surface area contributed by atoms with Crippen LogP contribution in [0.5, 0.6) is 0 Å². The van der Waals surface area contributed by atoms with Gasteiger partial charge in [-0.3, -0.25) is 0 Å². The first-order valence-electron chi connectivity index (χ1n) is 3.47. The Kier molecular flexibility index (Phi) is 6.28. The highest BCUT2D eigenvalue weighted by Gasteiger charge is 2.04. The molecule has 0 heterocycles. The molecule has 0 aromatic heterocycles. The third kappa shape index (κ3) is 5.49. The summed E-state index contributed by atoms with van der Waals surface area (Å²) in [7, 11) is 0. The van der Waals surface area contributed by atoms with Crippen molar-refractivity contribution in [1.29, 1.82) is 0 Å². The lowest BCUT2D eigenvalue weighted by molar-refractivity contribution is 0.126. The van der Waals surface area contributed by atoms with Crippen molar-refractivity contribution in [2.75, 3.05) is 12.5 Å². The van der Waals surface area contributed by atoms with Gasteiger partial charge >= 0.3 is 6.09 Å². The second-order valence-electron chi connectivity index (χ2n) is 2.22. The van der Waals surface area contributed by atoms with E-state index < -0.39 is 6.09 Å². The summed E-state index contributed by atoms with van der Waals surface area (Å²) < 4.78 is 5.55. The molecule has 0 saturated carbocycles. The number of ether oxygens (including phenoxy) is 1. The minimum absolute atomic E-state index is 0.105. The van der Waals surface area contributed by atoms with Gasteiger partial charge in [0.25, 0.3) is 0 Å². The Morgan fingerprint density at radius 3 is 2.17 bits per heavy atom. The van der Waals surface area contributed by atoms with Crippen molar-refractivity contribution in [2.45, 2.75) is 20.0 Å². The molecule has 3 nitrogen and oxygen atoms in total. The van der Waals surface area contributed by atoms with Gasteiger partial charge in [-0.15, -0.1) is 23.5 Å². The van der Waals surface area contributed by atoms with Gasteiger partial charge < -0.3 is 4.74 Å². The second kappa shape index (κ2) is 6.37. The Morgan fingerprint density at radius 1 is 1.33 bits per heavy atom. The van der Waals surface area contributed by atoms with Crippen LogP contribution in [0.3, 0.4) is 0 Å². The van der Waals surface area contributed by atoms with Crippen molar-refractivity contribution in [3.63, 3.8) is 0 Å². The Morgan fingerprint density at radius 2 is 1.83 bits per heavy atom. The maximum Gasteiger partial charge on any atom is 0.435 e. The minimum Gasteiger partial charge on any atom is -0.445 e. The molecular formula is C7H13NO2S2. The van der Waals surface area contributed by atoms with Gasteiger partial charge in [-0.05, 0) is 26.4 Å². The number of hydrogen-bond donors (Lipinski definition) is 0. The maximum atomic E-state index is 10.9. The number of amides is 1. The molecule has 0 N–H and O–H groups in total. The quantitative estimate of drug-likeness (QED) is 0.489. The van der Waals surface area contributed by atoms with Crippen molar-refractivity contribution < 1.29 is 9.53 Å². The van der Waals surface area contributed by atoms with Gasteiger partial charge in [-0.2, -0.15) is 4.99 Å². The number of carbonyl (C=O) groups is 1. The number of nitrogens with zero attached hydrogens (tertiary/aromatic N) is 1. The molecule has 0 aromatic carbocycles. The molecule has 0 rings (SSSR count). The molecule has 0 fully saturated rings. The van der Waals surface area contributed by atoms with E-state index in [1.165, 1.54) is 23.5 Å². The van der Waals surface area contributed by atoms with Crippen LogP contribution in [0.25, 0.3) is 0 Å². The Labute approximate surface area is 81.3 Å². The third-order valence-corrected chi connectivity index (χ3v) is 2.75. The van der Waals surface area contributed by atoms with Crippen LogP contribution in [0, 0.1) is 0 Å². The SMILES string of the molecule is CSC(=NC(=O)OC(C)C)SC. The van der Waals surface area contributed by atoms with Crippen LogP contribution in [0.1, 0.15) is 13.8 Å². The average molecular weight is 207 g/mol. The van der Waals surface area contributed by atoms with Gasteiger partial charge in [0.15, 0.2) is 0 Å². The smallest absolute Gasteiger partial charge is 0.435 e. The van der Waals surface area contributed by atoms with E-state index in [4.69, 9.17) is 4.74 Å². The molecule has 0 bridgehead atoms. The van der Waals surface area contributed by atoms with Crippen molar-refractivity contribution in [2.24, 2.45) is 4.99 Å². The van der Waals surface area contributed by atoms with Crippen molar-refractivity contribution in [3.8, 4) is 0 Å². The fourth-order valence-electron chi connectivity index (χ4n) is 0.477. The molecule has 0 aliphatic carbocycles. The summed E-state index contributed by atoms with van der Waals surface area (Å²) in [5.41, 5.74) is 0. The van der Waals surface area contributed by atoms with Crippen LogP contribution in [0.4, 0.5) is 4.79 Å². The first-order chi connectivity index (χ1) is 5.60. The van der Waals surface area contributed by atoms with Crippen molar-refractivity contribution in [1.82, 2.24) is 0 Å². The Balaban J connectivity index is 4.02. The zero-order valence-electron chi connectivity index (χ0n) is 7.66. The van der Waals surface area contributed by atoms with Crippen LogP contribution in [0.2, 0.25) is 0 Å². The molecule has 5 heteroatoms. The van der Waals surface area contributed by atoms with E-state index in [0.29, 0.717) is 0 Å². The fraction of sp³-hybridized carbons (Fsp3) is 0.714. The van der Waals surface area contributed by atoms with E-state index in [-0.39, 0.29) is 6.10 Å². The number of aliphatic imine (C=N–C) groups is 1. The lowest BCUT2D eigenvalue weighted by atomic mass is 10.5. The highest BCUT2D eigenvalue weighted by molar-refractivity contribution is 8.38. The maximum absolute atomic E-state index is 10.9. The molecule has 70 valence electrons. The summed E-state index contributed by atoms with van der Waals surface area (Å²) in [5, 5.41) is 0. The molecule has 0 saturated heterocycles. The normalized spacial score (nSPS) is 9.75. The van der Waals surface area contributed by atoms with Gasteiger partial charge in [0, 0.05) is 0 Å². The highest BCUT2D eigenvalue weighted by atomic mass is 32.2. The summed E-state index contributed by atoms with van der Waals surface area (Å²) in [4.78, 5) is 14.7. The van der Waals surface area contributed by atoms with Crippen LogP contribution in [-0.2, 0) is 4.74 Å². The number of rotatable bonds is 1. The number of carbonyl (C=O) groups excluding carboxylic acids is 1. The van der Waals surface area contributed by atoms with E-state index in [1.54, 1.807) is 13.8 Å². The van der Waals surface area contributed by atoms with E-state index in [9.17, 15) is 4.79 Å². The monoisotopic (exact) mass is 207 g/mol. The molecular weight excluding hydrogens is 194 g/mol. The standard InChI is InChI=1S/C7H13NO2S2/c1-5(2)10-6(9)8-7(11-3)12-4/h5H,1-4H3. The number of hydrogen-bond acceptors (Lipinski definition) is 4. The molecule has 0 aliphatic rings. The zero-order chi connectivity index (χ0) is 9.56. The fourth-order valence-corrected chi connectivity index (χ4v) is 1.48. The van der Waals surface area contributed by atoms with Gasteiger partial charge in [0.2, 0.25) is 0 Å². The zero-order valence-corrected chi connectivity index (χ0v) is 9.29. The van der Waals surface area contributed by atoms with Crippen LogP contribution >= 0.6 is 23.5 Å². The van der Waals surface area contributed by atoms with Gasteiger partial charge in [-0.25, -0.2) is 4.79 Å². The summed E-state index contributed by atoms with van der Waals surface area (Å²) in [6.07, 6.45) is 3.13. The minimum atomic E-state index is -0.510. The summed E-state index contributed by atoms with van der Waals surface area (Å²) in [5.74, 6) is 0. The number of thioether (sulfide) groups is 2. The van der Waals surface area contributed by atoms with E-state index in [1.807, 2.05) is 12.5 Å². The largest absolute Gasteiger partial charge is 0.445 e. The summed E-state index contributed by atoms with van der Waals surface area (Å²) in [6.45, 7) is 3.59. The van der Waals surface area contributed by atoms with Gasteiger partial charge in [0.05, 0.1) is 6.10 Å². The van der Waals surface area contributed by atoms with E-state index >= 15 is 0 Å². The first kappa shape index (κ1) is 11.8. The van der Waals surface area contributed by atoms with Crippen LogP contribution < -0.4 is 0 Å². The topological polar surface area (TPSA) is 38.7 Å². The lowest BCUT2D eigenvalue weighted by Crippen LogP contribution is -2.08. The average Bonchev–Trinajstić information content (AvgIpc) is 1.98. The predicted molar refractivity (Wildman–Crippen MR) is 56.1 cm³/mol. The Bertz CT molecular complexity index is 174. The van der Waals surface area contributed by atoms with Crippen LogP contribution in [0.15, 0.2) is 4.99 Å². The summed E-state index contributed by atoms with van der Waals surface area (Å²) in [6, 6.07) is 0. The summed E-state index contributed by atoms with van der Waals surface area (Å²) >= 11 is 2.87. The van der Waals surface area contributed by atoms with E-state index in [2.05, 4.69) is 4.99 Å². The lowest BCUT2D eigenvalue weighted by Gasteiger charge is -2.04. The first-order valence-corrected chi connectivity index (χ1v) is 5.92. The molecule has 12 heavy (non-hydrogen) atoms. The molecule has 0 spiro atoms. The highest BCUT2D eigenvalue weighted by Crippen LogP contribution is 2.11.